The van der Waals surface area contributed by atoms with Crippen molar-refractivity contribution in [1.29, 1.82) is 0 Å². The van der Waals surface area contributed by atoms with Crippen LogP contribution in [0.25, 0.3) is 0 Å². The molecule has 0 aliphatic carbocycles. The van der Waals surface area contributed by atoms with Gasteiger partial charge in [-0.05, 0) is 55.2 Å². The van der Waals surface area contributed by atoms with Gasteiger partial charge in [0.05, 0.1) is 14.2 Å². The summed E-state index contributed by atoms with van der Waals surface area (Å²) < 4.78 is 10.7. The van der Waals surface area contributed by atoms with Crippen LogP contribution in [0.5, 0.6) is 11.5 Å². The second-order valence-electron chi connectivity index (χ2n) is 7.45. The monoisotopic (exact) mass is 397 g/mol. The molecule has 0 aromatic heterocycles. The minimum atomic E-state index is -0.0155. The summed E-state index contributed by atoms with van der Waals surface area (Å²) in [6.45, 7) is 8.30. The van der Waals surface area contributed by atoms with Crippen LogP contribution in [0, 0.1) is 13.8 Å². The van der Waals surface area contributed by atoms with Gasteiger partial charge in [-0.3, -0.25) is 4.90 Å². The van der Waals surface area contributed by atoms with Gasteiger partial charge in [-0.25, -0.2) is 4.79 Å². The first-order valence-electron chi connectivity index (χ1n) is 10.1. The number of hydrogen-bond donors (Lipinski definition) is 1. The number of benzene rings is 2. The molecule has 0 unspecified atom stereocenters. The van der Waals surface area contributed by atoms with Crippen LogP contribution in [0.2, 0.25) is 0 Å². The number of methoxy groups -OCH3 is 2. The largest absolute Gasteiger partial charge is 0.493 e. The number of aryl methyl sites for hydroxylation is 1. The summed E-state index contributed by atoms with van der Waals surface area (Å²) in [6, 6.07) is 12.0. The van der Waals surface area contributed by atoms with Crippen LogP contribution in [0.3, 0.4) is 0 Å². The van der Waals surface area contributed by atoms with Crippen LogP contribution in [0.1, 0.15) is 16.7 Å². The normalized spacial score (nSPS) is 14.6. The molecule has 0 atom stereocenters. The van der Waals surface area contributed by atoms with Gasteiger partial charge in [0.15, 0.2) is 11.5 Å². The van der Waals surface area contributed by atoms with Gasteiger partial charge in [-0.15, -0.1) is 0 Å². The lowest BCUT2D eigenvalue weighted by atomic mass is 10.1. The van der Waals surface area contributed by atoms with Crippen LogP contribution in [0.15, 0.2) is 36.4 Å². The highest BCUT2D eigenvalue weighted by Crippen LogP contribution is 2.27. The van der Waals surface area contributed by atoms with E-state index in [0.29, 0.717) is 0 Å². The molecule has 1 fully saturated rings. The van der Waals surface area contributed by atoms with Crippen molar-refractivity contribution in [3.63, 3.8) is 0 Å². The Morgan fingerprint density at radius 3 is 2.41 bits per heavy atom. The predicted octanol–water partition coefficient (Wildman–Crippen LogP) is 3.71. The molecule has 3 rings (SSSR count). The van der Waals surface area contributed by atoms with Crippen LogP contribution >= 0.6 is 0 Å². The molecular formula is C23H31N3O3. The zero-order valence-electron chi connectivity index (χ0n) is 17.8. The van der Waals surface area contributed by atoms with Crippen molar-refractivity contribution < 1.29 is 14.3 Å². The third-order valence-corrected chi connectivity index (χ3v) is 5.67. The van der Waals surface area contributed by atoms with Gasteiger partial charge in [0.1, 0.15) is 0 Å². The number of piperazine rings is 1. The quantitative estimate of drug-likeness (QED) is 0.807. The number of hydrogen-bond acceptors (Lipinski definition) is 4. The van der Waals surface area contributed by atoms with Gasteiger partial charge < -0.3 is 19.7 Å². The molecule has 0 spiro atoms. The highest BCUT2D eigenvalue weighted by atomic mass is 16.5. The zero-order valence-corrected chi connectivity index (χ0v) is 17.8. The lowest BCUT2D eigenvalue weighted by Crippen LogP contribution is -2.50. The summed E-state index contributed by atoms with van der Waals surface area (Å²) >= 11 is 0. The highest BCUT2D eigenvalue weighted by Gasteiger charge is 2.21. The van der Waals surface area contributed by atoms with Crippen LogP contribution in [-0.4, -0.2) is 62.8 Å². The maximum atomic E-state index is 12.6. The minimum absolute atomic E-state index is 0.0155. The molecule has 156 valence electrons. The molecule has 1 heterocycles. The number of nitrogens with one attached hydrogen (secondary N) is 1. The van der Waals surface area contributed by atoms with Crippen LogP contribution < -0.4 is 14.8 Å². The average Bonchev–Trinajstić information content (AvgIpc) is 2.75. The summed E-state index contributed by atoms with van der Waals surface area (Å²) in [7, 11) is 3.30. The lowest BCUT2D eigenvalue weighted by molar-refractivity contribution is 0.148. The first kappa shape index (κ1) is 21.0. The first-order chi connectivity index (χ1) is 14.0. The number of rotatable bonds is 6. The second kappa shape index (κ2) is 9.65. The van der Waals surface area contributed by atoms with E-state index in [9.17, 15) is 4.79 Å². The molecule has 0 bridgehead atoms. The molecule has 2 amide bonds. The fourth-order valence-electron chi connectivity index (χ4n) is 3.58. The Balaban J connectivity index is 1.48. The van der Waals surface area contributed by atoms with E-state index in [1.807, 2.05) is 36.1 Å². The lowest BCUT2D eigenvalue weighted by Gasteiger charge is -2.34. The Bertz CT molecular complexity index is 845. The van der Waals surface area contributed by atoms with Crippen molar-refractivity contribution in [1.82, 2.24) is 9.80 Å². The van der Waals surface area contributed by atoms with Gasteiger partial charge >= 0.3 is 6.03 Å². The van der Waals surface area contributed by atoms with E-state index in [-0.39, 0.29) is 6.03 Å². The Hall–Kier alpha value is -2.73. The highest BCUT2D eigenvalue weighted by molar-refractivity contribution is 5.90. The number of anilines is 1. The SMILES string of the molecule is COc1ccc(CCN2CCN(C(=O)Nc3cccc(C)c3C)CC2)cc1OC. The summed E-state index contributed by atoms with van der Waals surface area (Å²) in [6.07, 6.45) is 0.940. The molecule has 0 radical (unpaired) electrons. The number of ether oxygens (including phenoxy) is 2. The molecular weight excluding hydrogens is 366 g/mol. The number of carbonyl (C=O) groups is 1. The van der Waals surface area contributed by atoms with Gasteiger partial charge in [-0.1, -0.05) is 18.2 Å². The average molecular weight is 398 g/mol. The van der Waals surface area contributed by atoms with E-state index in [0.717, 1.165) is 61.9 Å². The molecule has 2 aromatic rings. The molecule has 1 aliphatic rings. The van der Waals surface area contributed by atoms with Crippen molar-refractivity contribution in [3.8, 4) is 11.5 Å². The van der Waals surface area contributed by atoms with E-state index >= 15 is 0 Å². The van der Waals surface area contributed by atoms with E-state index in [2.05, 4.69) is 29.3 Å². The third kappa shape index (κ3) is 5.21. The summed E-state index contributed by atoms with van der Waals surface area (Å²) in [5.41, 5.74) is 4.42. The fourth-order valence-corrected chi connectivity index (χ4v) is 3.58. The van der Waals surface area contributed by atoms with Gasteiger partial charge in [-0.2, -0.15) is 0 Å². The number of urea groups is 1. The molecule has 6 heteroatoms. The van der Waals surface area contributed by atoms with Crippen molar-refractivity contribution in [2.45, 2.75) is 20.3 Å². The van der Waals surface area contributed by atoms with E-state index in [4.69, 9.17) is 9.47 Å². The summed E-state index contributed by atoms with van der Waals surface area (Å²) in [5.74, 6) is 1.51. The van der Waals surface area contributed by atoms with Crippen molar-refractivity contribution in [3.05, 3.63) is 53.1 Å². The Morgan fingerprint density at radius 1 is 1.00 bits per heavy atom. The molecule has 6 nitrogen and oxygen atoms in total. The van der Waals surface area contributed by atoms with Crippen LogP contribution in [0.4, 0.5) is 10.5 Å². The smallest absolute Gasteiger partial charge is 0.321 e. The van der Waals surface area contributed by atoms with E-state index < -0.39 is 0 Å². The Morgan fingerprint density at radius 2 is 1.72 bits per heavy atom. The fraction of sp³-hybridized carbons (Fsp3) is 0.435. The number of carbonyl (C=O) groups excluding carboxylic acids is 1. The minimum Gasteiger partial charge on any atom is -0.493 e. The van der Waals surface area contributed by atoms with E-state index in [1.54, 1.807) is 14.2 Å². The van der Waals surface area contributed by atoms with E-state index in [1.165, 1.54) is 11.1 Å². The maximum absolute atomic E-state index is 12.6. The predicted molar refractivity (Wildman–Crippen MR) is 116 cm³/mol. The summed E-state index contributed by atoms with van der Waals surface area (Å²) in [5, 5.41) is 3.06. The molecule has 0 saturated carbocycles. The van der Waals surface area contributed by atoms with Crippen molar-refractivity contribution >= 4 is 11.7 Å². The van der Waals surface area contributed by atoms with Gasteiger partial charge in [0.25, 0.3) is 0 Å². The Kier molecular flexibility index (Phi) is 6.99. The molecule has 2 aromatic carbocycles. The second-order valence-corrected chi connectivity index (χ2v) is 7.45. The molecule has 29 heavy (non-hydrogen) atoms. The van der Waals surface area contributed by atoms with Crippen LogP contribution in [-0.2, 0) is 6.42 Å². The topological polar surface area (TPSA) is 54.0 Å². The van der Waals surface area contributed by atoms with Gasteiger partial charge in [0, 0.05) is 38.4 Å². The number of amides is 2. The summed E-state index contributed by atoms with van der Waals surface area (Å²) in [4.78, 5) is 16.9. The number of nitrogens with zero attached hydrogens (tertiary/aromatic N) is 2. The standard InChI is InChI=1S/C23H31N3O3/c1-17-6-5-7-20(18(17)2)24-23(27)26-14-12-25(13-15-26)11-10-19-8-9-21(28-3)22(16-19)29-4/h5-9,16H,10-15H2,1-4H3,(H,24,27). The molecule has 1 aliphatic heterocycles. The van der Waals surface area contributed by atoms with Crippen molar-refractivity contribution in [2.75, 3.05) is 52.3 Å². The molecule has 1 saturated heterocycles. The maximum Gasteiger partial charge on any atom is 0.321 e. The first-order valence-corrected chi connectivity index (χ1v) is 10.1. The Labute approximate surface area is 173 Å². The van der Waals surface area contributed by atoms with Gasteiger partial charge in [0.2, 0.25) is 0 Å². The zero-order chi connectivity index (χ0) is 20.8. The third-order valence-electron chi connectivity index (χ3n) is 5.67. The molecule has 1 N–H and O–H groups in total. The van der Waals surface area contributed by atoms with Crippen molar-refractivity contribution in [2.24, 2.45) is 0 Å².